The van der Waals surface area contributed by atoms with Crippen LogP contribution in [-0.2, 0) is 6.18 Å². The molecular weight excluding hydrogens is 335 g/mol. The molecule has 1 nitrogen and oxygen atoms in total. The zero-order chi connectivity index (χ0) is 18.7. The van der Waals surface area contributed by atoms with Crippen molar-refractivity contribution in [3.8, 4) is 11.8 Å². The summed E-state index contributed by atoms with van der Waals surface area (Å²) in [5.41, 5.74) is 3.73. The van der Waals surface area contributed by atoms with E-state index in [-0.39, 0.29) is 5.92 Å². The van der Waals surface area contributed by atoms with Crippen LogP contribution in [0.25, 0.3) is 5.57 Å². The summed E-state index contributed by atoms with van der Waals surface area (Å²) in [5, 5.41) is 0. The lowest BCUT2D eigenvalue weighted by Gasteiger charge is -2.20. The standard InChI is InChI=1S/C22H18F3N/c1-15-4-3-5-18(7-6-17-12-13-26-16(2)14-17)21(15)19-8-10-20(11-9-19)22(23,24)25/h3,5,8-15H,4H2,1-2H3. The molecule has 0 bridgehead atoms. The van der Waals surface area contributed by atoms with Gasteiger partial charge in [-0.2, -0.15) is 13.2 Å². The molecular formula is C22H18F3N. The van der Waals surface area contributed by atoms with Crippen LogP contribution in [0.4, 0.5) is 13.2 Å². The van der Waals surface area contributed by atoms with E-state index in [1.807, 2.05) is 25.1 Å². The van der Waals surface area contributed by atoms with E-state index in [0.29, 0.717) is 0 Å². The van der Waals surface area contributed by atoms with E-state index in [1.54, 1.807) is 6.20 Å². The van der Waals surface area contributed by atoms with Gasteiger partial charge in [-0.05, 0) is 54.7 Å². The molecule has 0 spiro atoms. The first-order chi connectivity index (χ1) is 12.3. The van der Waals surface area contributed by atoms with Crippen LogP contribution >= 0.6 is 0 Å². The van der Waals surface area contributed by atoms with E-state index in [1.165, 1.54) is 12.1 Å². The number of hydrogen-bond acceptors (Lipinski definition) is 1. The molecule has 0 saturated heterocycles. The van der Waals surface area contributed by atoms with E-state index >= 15 is 0 Å². The molecule has 1 aliphatic carbocycles. The van der Waals surface area contributed by atoms with Gasteiger partial charge < -0.3 is 0 Å². The maximum atomic E-state index is 12.8. The quantitative estimate of drug-likeness (QED) is 0.590. The Morgan fingerprint density at radius 3 is 2.46 bits per heavy atom. The van der Waals surface area contributed by atoms with Gasteiger partial charge in [0.05, 0.1) is 5.56 Å². The van der Waals surface area contributed by atoms with Crippen molar-refractivity contribution in [2.75, 3.05) is 0 Å². The van der Waals surface area contributed by atoms with Crippen LogP contribution in [0.5, 0.6) is 0 Å². The third kappa shape index (κ3) is 4.05. The van der Waals surface area contributed by atoms with Crippen LogP contribution in [0.1, 0.15) is 35.7 Å². The summed E-state index contributed by atoms with van der Waals surface area (Å²) in [6.07, 6.45) is 2.24. The predicted molar refractivity (Wildman–Crippen MR) is 97.1 cm³/mol. The van der Waals surface area contributed by atoms with Gasteiger partial charge in [-0.3, -0.25) is 4.98 Å². The van der Waals surface area contributed by atoms with Crippen molar-refractivity contribution in [2.45, 2.75) is 26.4 Å². The van der Waals surface area contributed by atoms with Crippen molar-refractivity contribution in [1.29, 1.82) is 0 Å². The molecule has 0 radical (unpaired) electrons. The average molecular weight is 353 g/mol. The second-order valence-corrected chi connectivity index (χ2v) is 6.38. The molecule has 2 aromatic rings. The lowest BCUT2D eigenvalue weighted by atomic mass is 9.83. The monoisotopic (exact) mass is 353 g/mol. The van der Waals surface area contributed by atoms with Gasteiger partial charge in [0.1, 0.15) is 0 Å². The van der Waals surface area contributed by atoms with Crippen molar-refractivity contribution >= 4 is 5.57 Å². The zero-order valence-electron chi connectivity index (χ0n) is 14.6. The van der Waals surface area contributed by atoms with E-state index in [2.05, 4.69) is 29.8 Å². The molecule has 0 N–H and O–H groups in total. The van der Waals surface area contributed by atoms with Crippen LogP contribution in [0.15, 0.2) is 60.3 Å². The topological polar surface area (TPSA) is 12.9 Å². The van der Waals surface area contributed by atoms with Crippen LogP contribution in [0, 0.1) is 24.7 Å². The minimum Gasteiger partial charge on any atom is -0.262 e. The summed E-state index contributed by atoms with van der Waals surface area (Å²) < 4.78 is 38.4. The Morgan fingerprint density at radius 1 is 1.08 bits per heavy atom. The maximum absolute atomic E-state index is 12.8. The molecule has 0 saturated carbocycles. The largest absolute Gasteiger partial charge is 0.416 e. The van der Waals surface area contributed by atoms with Crippen LogP contribution in [0.3, 0.4) is 0 Å². The van der Waals surface area contributed by atoms with Crippen LogP contribution < -0.4 is 0 Å². The number of nitrogens with zero attached hydrogens (tertiary/aromatic N) is 1. The highest BCUT2D eigenvalue weighted by Gasteiger charge is 2.30. The second-order valence-electron chi connectivity index (χ2n) is 6.38. The summed E-state index contributed by atoms with van der Waals surface area (Å²) in [7, 11) is 0. The molecule has 1 aliphatic rings. The van der Waals surface area contributed by atoms with Gasteiger partial charge in [-0.25, -0.2) is 0 Å². The first-order valence-electron chi connectivity index (χ1n) is 8.37. The first-order valence-corrected chi connectivity index (χ1v) is 8.37. The Labute approximate surface area is 151 Å². The number of aromatic nitrogens is 1. The number of benzene rings is 1. The Kier molecular flexibility index (Phi) is 4.99. The molecule has 0 amide bonds. The van der Waals surface area contributed by atoms with Crippen molar-refractivity contribution in [3.05, 3.63) is 82.7 Å². The fraction of sp³-hybridized carbons (Fsp3) is 0.227. The van der Waals surface area contributed by atoms with Crippen LogP contribution in [0.2, 0.25) is 0 Å². The lowest BCUT2D eigenvalue weighted by Crippen LogP contribution is -2.07. The highest BCUT2D eigenvalue weighted by Crippen LogP contribution is 2.35. The fourth-order valence-electron chi connectivity index (χ4n) is 3.01. The third-order valence-corrected chi connectivity index (χ3v) is 4.32. The molecule has 4 heteroatoms. The van der Waals surface area contributed by atoms with Crippen molar-refractivity contribution in [3.63, 3.8) is 0 Å². The Morgan fingerprint density at radius 2 is 1.81 bits per heavy atom. The Hall–Kier alpha value is -2.80. The summed E-state index contributed by atoms with van der Waals surface area (Å²) in [6, 6.07) is 9.07. The fourth-order valence-corrected chi connectivity index (χ4v) is 3.01. The molecule has 3 rings (SSSR count). The molecule has 1 heterocycles. The molecule has 1 atom stereocenters. The molecule has 1 aromatic heterocycles. The van der Waals surface area contributed by atoms with Gasteiger partial charge in [0.15, 0.2) is 0 Å². The number of hydrogen-bond donors (Lipinski definition) is 0. The van der Waals surface area contributed by atoms with E-state index in [4.69, 9.17) is 0 Å². The van der Waals surface area contributed by atoms with Crippen LogP contribution in [-0.4, -0.2) is 4.98 Å². The van der Waals surface area contributed by atoms with Gasteiger partial charge in [-0.15, -0.1) is 0 Å². The van der Waals surface area contributed by atoms with Gasteiger partial charge >= 0.3 is 6.18 Å². The van der Waals surface area contributed by atoms with E-state index in [9.17, 15) is 13.2 Å². The van der Waals surface area contributed by atoms with Crippen molar-refractivity contribution in [1.82, 2.24) is 4.98 Å². The Bertz CT molecular complexity index is 922. The molecule has 1 unspecified atom stereocenters. The number of halogens is 3. The van der Waals surface area contributed by atoms with Gasteiger partial charge in [-0.1, -0.05) is 43.0 Å². The van der Waals surface area contributed by atoms with Gasteiger partial charge in [0, 0.05) is 23.0 Å². The molecule has 1 aromatic carbocycles. The number of alkyl halides is 3. The predicted octanol–water partition coefficient (Wildman–Crippen LogP) is 5.81. The minimum atomic E-state index is -4.33. The SMILES string of the molecule is Cc1cc(C#CC2=C(c3ccc(C(F)(F)F)cc3)C(C)CC=C2)ccn1. The zero-order valence-corrected chi connectivity index (χ0v) is 14.6. The third-order valence-electron chi connectivity index (χ3n) is 4.32. The molecule has 0 aliphatic heterocycles. The molecule has 26 heavy (non-hydrogen) atoms. The van der Waals surface area contributed by atoms with Gasteiger partial charge in [0.25, 0.3) is 0 Å². The summed E-state index contributed by atoms with van der Waals surface area (Å²) in [4.78, 5) is 4.15. The maximum Gasteiger partial charge on any atom is 0.416 e. The van der Waals surface area contributed by atoms with Crippen molar-refractivity contribution < 1.29 is 13.2 Å². The normalized spacial score (nSPS) is 17.0. The highest BCUT2D eigenvalue weighted by molar-refractivity contribution is 5.78. The van der Waals surface area contributed by atoms with Crippen molar-refractivity contribution in [2.24, 2.45) is 5.92 Å². The first kappa shape index (κ1) is 18.0. The number of aryl methyl sites for hydroxylation is 1. The minimum absolute atomic E-state index is 0.195. The molecule has 132 valence electrons. The molecule has 0 fully saturated rings. The number of allylic oxidation sites excluding steroid dienone is 4. The summed E-state index contributed by atoms with van der Waals surface area (Å²) >= 11 is 0. The summed E-state index contributed by atoms with van der Waals surface area (Å²) in [5.74, 6) is 6.51. The summed E-state index contributed by atoms with van der Waals surface area (Å²) in [6.45, 7) is 3.97. The lowest BCUT2D eigenvalue weighted by molar-refractivity contribution is -0.137. The average Bonchev–Trinajstić information content (AvgIpc) is 2.59. The number of rotatable bonds is 1. The second kappa shape index (κ2) is 7.21. The van der Waals surface area contributed by atoms with E-state index < -0.39 is 11.7 Å². The van der Waals surface area contributed by atoms with Gasteiger partial charge in [0.2, 0.25) is 0 Å². The highest BCUT2D eigenvalue weighted by atomic mass is 19.4. The number of pyridine rings is 1. The Balaban J connectivity index is 2.02. The van der Waals surface area contributed by atoms with E-state index in [0.717, 1.165) is 46.5 Å². The smallest absolute Gasteiger partial charge is 0.262 e.